The Morgan fingerprint density at radius 3 is 1.47 bits per heavy atom. The minimum Gasteiger partial charge on any atom is -0.278 e. The van der Waals surface area contributed by atoms with Gasteiger partial charge in [0, 0.05) is 21.9 Å². The zero-order chi connectivity index (χ0) is 40.8. The van der Waals surface area contributed by atoms with E-state index in [2.05, 4.69) is 199 Å². The molecule has 62 heavy (non-hydrogen) atoms. The predicted molar refractivity (Wildman–Crippen MR) is 252 cm³/mol. The highest BCUT2D eigenvalue weighted by Gasteiger charge is 2.52. The summed E-state index contributed by atoms with van der Waals surface area (Å²) >= 11 is 0. The van der Waals surface area contributed by atoms with Gasteiger partial charge in [-0.05, 0) is 78.9 Å². The van der Waals surface area contributed by atoms with Crippen LogP contribution in [0, 0.1) is 0 Å². The average Bonchev–Trinajstić information content (AvgIpc) is 3.96. The van der Waals surface area contributed by atoms with Gasteiger partial charge in [0.15, 0.2) is 11.6 Å². The molecule has 11 aromatic rings. The number of rotatable bonds is 5. The second-order valence-corrected chi connectivity index (χ2v) is 16.3. The molecule has 0 aliphatic heterocycles. The van der Waals surface area contributed by atoms with Crippen molar-refractivity contribution in [2.45, 2.75) is 5.41 Å². The van der Waals surface area contributed by atoms with Gasteiger partial charge < -0.3 is 0 Å². The van der Waals surface area contributed by atoms with Gasteiger partial charge >= 0.3 is 0 Å². The molecule has 13 rings (SSSR count). The third kappa shape index (κ3) is 4.92. The van der Waals surface area contributed by atoms with Crippen LogP contribution >= 0.6 is 0 Å². The van der Waals surface area contributed by atoms with Crippen LogP contribution in [0.15, 0.2) is 218 Å². The molecule has 0 saturated carbocycles. The molecular formula is C58H36N4. The fourth-order valence-electron chi connectivity index (χ4n) is 10.5. The maximum Gasteiger partial charge on any atom is 0.238 e. The first kappa shape index (κ1) is 34.6. The van der Waals surface area contributed by atoms with Crippen LogP contribution in [0.25, 0.3) is 95.0 Å². The summed E-state index contributed by atoms with van der Waals surface area (Å²) in [5, 5.41) is 2.29. The van der Waals surface area contributed by atoms with Crippen LogP contribution in [0.3, 0.4) is 0 Å². The molecule has 0 N–H and O–H groups in total. The van der Waals surface area contributed by atoms with Crippen molar-refractivity contribution >= 4 is 21.8 Å². The quantitative estimate of drug-likeness (QED) is 0.174. The summed E-state index contributed by atoms with van der Waals surface area (Å²) < 4.78 is 2.23. The van der Waals surface area contributed by atoms with Crippen molar-refractivity contribution in [1.82, 2.24) is 19.5 Å². The van der Waals surface area contributed by atoms with Crippen molar-refractivity contribution in [3.63, 3.8) is 0 Å². The Balaban J connectivity index is 1.04. The topological polar surface area (TPSA) is 43.6 Å². The van der Waals surface area contributed by atoms with E-state index in [0.717, 1.165) is 44.1 Å². The average molecular weight is 789 g/mol. The molecule has 0 amide bonds. The van der Waals surface area contributed by atoms with Gasteiger partial charge in [0.25, 0.3) is 0 Å². The molecule has 9 aromatic carbocycles. The number of hydrogen-bond acceptors (Lipinski definition) is 3. The van der Waals surface area contributed by atoms with Crippen LogP contribution < -0.4 is 0 Å². The number of fused-ring (bicyclic) bond motifs is 13. The number of nitrogens with zero attached hydrogens (tertiary/aromatic N) is 4. The van der Waals surface area contributed by atoms with Crippen molar-refractivity contribution < 1.29 is 0 Å². The summed E-state index contributed by atoms with van der Waals surface area (Å²) in [6, 6.07) is 78.6. The van der Waals surface area contributed by atoms with E-state index >= 15 is 0 Å². The maximum absolute atomic E-state index is 5.30. The Kier molecular flexibility index (Phi) is 7.49. The highest BCUT2D eigenvalue weighted by molar-refractivity contribution is 6.11. The predicted octanol–water partition coefficient (Wildman–Crippen LogP) is 14.0. The van der Waals surface area contributed by atoms with E-state index in [1.54, 1.807) is 0 Å². The second kappa shape index (κ2) is 13.4. The van der Waals surface area contributed by atoms with Gasteiger partial charge in [-0.15, -0.1) is 0 Å². The molecule has 288 valence electrons. The molecule has 4 nitrogen and oxygen atoms in total. The molecule has 2 aliphatic rings. The molecule has 2 aliphatic carbocycles. The van der Waals surface area contributed by atoms with Crippen LogP contribution in [0.4, 0.5) is 0 Å². The molecule has 0 radical (unpaired) electrons. The zero-order valence-electron chi connectivity index (χ0n) is 33.6. The molecule has 2 aromatic heterocycles. The Labute approximate surface area is 359 Å². The summed E-state index contributed by atoms with van der Waals surface area (Å²) in [5.41, 5.74) is 18.7. The first-order valence-corrected chi connectivity index (χ1v) is 21.2. The van der Waals surface area contributed by atoms with E-state index in [-0.39, 0.29) is 0 Å². The monoisotopic (exact) mass is 788 g/mol. The van der Waals surface area contributed by atoms with Gasteiger partial charge in [0.2, 0.25) is 5.95 Å². The van der Waals surface area contributed by atoms with E-state index in [1.807, 2.05) is 24.3 Å². The maximum atomic E-state index is 5.30. The Hall–Kier alpha value is -8.21. The Bertz CT molecular complexity index is 3520. The molecule has 0 atom stereocenters. The molecule has 4 heteroatoms. The number of para-hydroxylation sites is 1. The van der Waals surface area contributed by atoms with Crippen molar-refractivity contribution in [2.75, 3.05) is 0 Å². The van der Waals surface area contributed by atoms with Gasteiger partial charge in [0.1, 0.15) is 0 Å². The minimum atomic E-state index is -0.414. The molecule has 0 unspecified atom stereocenters. The van der Waals surface area contributed by atoms with Crippen molar-refractivity contribution in [3.8, 4) is 73.2 Å². The van der Waals surface area contributed by atoms with E-state index in [4.69, 9.17) is 15.0 Å². The zero-order valence-corrected chi connectivity index (χ0v) is 33.6. The van der Waals surface area contributed by atoms with Gasteiger partial charge in [-0.25, -0.2) is 4.98 Å². The number of benzene rings is 9. The number of aromatic nitrogens is 4. The fraction of sp³-hybridized carbons (Fsp3) is 0.0172. The minimum absolute atomic E-state index is 0.414. The first-order chi connectivity index (χ1) is 30.8. The van der Waals surface area contributed by atoms with E-state index in [9.17, 15) is 0 Å². The van der Waals surface area contributed by atoms with Crippen molar-refractivity contribution in [3.05, 3.63) is 241 Å². The summed E-state index contributed by atoms with van der Waals surface area (Å²) in [7, 11) is 0. The molecular weight excluding hydrogens is 753 g/mol. The van der Waals surface area contributed by atoms with Crippen LogP contribution in [0.1, 0.15) is 22.3 Å². The van der Waals surface area contributed by atoms with Gasteiger partial charge in [-0.2, -0.15) is 9.97 Å². The van der Waals surface area contributed by atoms with Crippen LogP contribution in [-0.4, -0.2) is 19.5 Å². The third-order valence-corrected chi connectivity index (χ3v) is 13.1. The molecule has 0 bridgehead atoms. The molecule has 0 saturated heterocycles. The van der Waals surface area contributed by atoms with Crippen LogP contribution in [-0.2, 0) is 5.41 Å². The largest absolute Gasteiger partial charge is 0.278 e. The van der Waals surface area contributed by atoms with Crippen molar-refractivity contribution in [2.24, 2.45) is 0 Å². The van der Waals surface area contributed by atoms with Crippen LogP contribution in [0.5, 0.6) is 0 Å². The first-order valence-electron chi connectivity index (χ1n) is 21.2. The summed E-state index contributed by atoms with van der Waals surface area (Å²) in [6.07, 6.45) is 0. The summed E-state index contributed by atoms with van der Waals surface area (Å²) in [4.78, 5) is 15.7. The second-order valence-electron chi connectivity index (χ2n) is 16.3. The third-order valence-electron chi connectivity index (χ3n) is 13.1. The van der Waals surface area contributed by atoms with Crippen molar-refractivity contribution in [1.29, 1.82) is 0 Å². The Morgan fingerprint density at radius 1 is 0.306 bits per heavy atom. The SMILES string of the molecule is c1ccc(-c2ccc(-c3nc(-c4ccccc4)nc(-n4c5ccccc5c5ccc(-c6cccc7c6-c6ccccc6C76c7ccccc7-c7ccccc76)cc54)n3)cc2)cc1. The summed E-state index contributed by atoms with van der Waals surface area (Å²) in [6.45, 7) is 0. The summed E-state index contributed by atoms with van der Waals surface area (Å²) in [5.74, 6) is 1.82. The lowest BCUT2D eigenvalue weighted by Gasteiger charge is -2.30. The van der Waals surface area contributed by atoms with E-state index in [0.29, 0.717) is 17.6 Å². The van der Waals surface area contributed by atoms with Crippen LogP contribution in [0.2, 0.25) is 0 Å². The van der Waals surface area contributed by atoms with Gasteiger partial charge in [-0.3, -0.25) is 4.57 Å². The number of hydrogen-bond donors (Lipinski definition) is 0. The Morgan fingerprint density at radius 2 is 0.774 bits per heavy atom. The lowest BCUT2D eigenvalue weighted by Crippen LogP contribution is -2.25. The highest BCUT2D eigenvalue weighted by Crippen LogP contribution is 2.64. The van der Waals surface area contributed by atoms with Gasteiger partial charge in [0.05, 0.1) is 16.4 Å². The lowest BCUT2D eigenvalue weighted by atomic mass is 9.70. The standard InChI is InChI=1S/C58H36N4/c1-3-16-37(17-4-1)38-30-32-40(33-31-38)56-59-55(39-18-5-2-6-19-39)60-57(61-56)62-52-29-14-10-22-45(52)46-35-34-41(36-53(46)62)42-24-15-28-51-54(42)47-23-9-13-27-50(47)58(51)48-25-11-7-20-43(48)44-21-8-12-26-49(44)58/h1-36H. The highest BCUT2D eigenvalue weighted by atomic mass is 15.2. The van der Waals surface area contributed by atoms with E-state index < -0.39 is 5.41 Å². The molecule has 0 fully saturated rings. The van der Waals surface area contributed by atoms with E-state index in [1.165, 1.54) is 55.6 Å². The smallest absolute Gasteiger partial charge is 0.238 e. The molecule has 2 heterocycles. The van der Waals surface area contributed by atoms with Gasteiger partial charge in [-0.1, -0.05) is 206 Å². The molecule has 1 spiro atoms. The normalized spacial score (nSPS) is 13.0. The lowest BCUT2D eigenvalue weighted by molar-refractivity contribution is 0.794. The fourth-order valence-corrected chi connectivity index (χ4v) is 10.5.